The molecule has 2 heterocycles. The van der Waals surface area contributed by atoms with E-state index in [-0.39, 0.29) is 5.91 Å². The average Bonchev–Trinajstić information content (AvgIpc) is 3.04. The summed E-state index contributed by atoms with van der Waals surface area (Å²) < 4.78 is 7.19. The van der Waals surface area contributed by atoms with Gasteiger partial charge in [-0.25, -0.2) is 9.97 Å². The number of ether oxygens (including phenoxy) is 1. The molecule has 0 unspecified atom stereocenters. The first-order valence-electron chi connectivity index (χ1n) is 8.97. The zero-order chi connectivity index (χ0) is 19.5. The molecule has 2 aromatic carbocycles. The molecule has 0 aliphatic rings. The van der Waals surface area contributed by atoms with Crippen molar-refractivity contribution in [1.29, 1.82) is 0 Å². The third-order valence-electron chi connectivity index (χ3n) is 4.50. The second-order valence-corrected chi connectivity index (χ2v) is 6.46. The molecule has 4 rings (SSSR count). The number of benzene rings is 2. The summed E-state index contributed by atoms with van der Waals surface area (Å²) in [4.78, 5) is 21.3. The summed E-state index contributed by atoms with van der Waals surface area (Å²) in [6, 6.07) is 19.0. The van der Waals surface area contributed by atoms with Crippen LogP contribution < -0.4 is 10.1 Å². The number of carbonyl (C=O) groups is 1. The van der Waals surface area contributed by atoms with Crippen molar-refractivity contribution in [1.82, 2.24) is 14.5 Å². The van der Waals surface area contributed by atoms with Crippen LogP contribution in [-0.2, 0) is 11.2 Å². The smallest absolute Gasteiger partial charge is 0.228 e. The number of methoxy groups -OCH3 is 1. The van der Waals surface area contributed by atoms with Crippen molar-refractivity contribution >= 4 is 22.8 Å². The zero-order valence-electron chi connectivity index (χ0n) is 15.7. The molecule has 0 saturated heterocycles. The van der Waals surface area contributed by atoms with Crippen molar-refractivity contribution < 1.29 is 9.53 Å². The quantitative estimate of drug-likeness (QED) is 0.576. The zero-order valence-corrected chi connectivity index (χ0v) is 15.7. The molecule has 1 N–H and O–H groups in total. The van der Waals surface area contributed by atoms with E-state index in [2.05, 4.69) is 15.3 Å². The predicted octanol–water partition coefficient (Wildman–Crippen LogP) is 3.92. The third-order valence-corrected chi connectivity index (χ3v) is 4.50. The van der Waals surface area contributed by atoms with E-state index in [9.17, 15) is 4.79 Å². The predicted molar refractivity (Wildman–Crippen MR) is 109 cm³/mol. The number of carbonyl (C=O) groups excluding carboxylic acids is 1. The molecular weight excluding hydrogens is 352 g/mol. The second-order valence-electron chi connectivity index (χ2n) is 6.46. The van der Waals surface area contributed by atoms with Gasteiger partial charge in [-0.15, -0.1) is 0 Å². The van der Waals surface area contributed by atoms with Crippen LogP contribution in [0.5, 0.6) is 5.75 Å². The van der Waals surface area contributed by atoms with Crippen molar-refractivity contribution in [3.8, 4) is 11.4 Å². The molecule has 0 spiro atoms. The van der Waals surface area contributed by atoms with Gasteiger partial charge in [0.15, 0.2) is 5.65 Å². The van der Waals surface area contributed by atoms with Crippen LogP contribution in [0.2, 0.25) is 0 Å². The van der Waals surface area contributed by atoms with Crippen LogP contribution in [-0.4, -0.2) is 27.6 Å². The monoisotopic (exact) mass is 372 g/mol. The van der Waals surface area contributed by atoms with Crippen molar-refractivity contribution in [3.05, 3.63) is 78.2 Å². The molecule has 6 heteroatoms. The van der Waals surface area contributed by atoms with E-state index >= 15 is 0 Å². The SMILES string of the molecule is COc1cccc(NC(=O)Cc2ccc(-n3c(C)nc4cccnc43)cc2)c1. The molecule has 0 aliphatic carbocycles. The Labute approximate surface area is 162 Å². The van der Waals surface area contributed by atoms with E-state index in [0.717, 1.165) is 28.2 Å². The van der Waals surface area contributed by atoms with Gasteiger partial charge in [0.1, 0.15) is 17.1 Å². The number of fused-ring (bicyclic) bond motifs is 1. The van der Waals surface area contributed by atoms with E-state index in [0.29, 0.717) is 17.9 Å². The Morgan fingerprint density at radius 3 is 2.71 bits per heavy atom. The lowest BCUT2D eigenvalue weighted by Crippen LogP contribution is -2.14. The van der Waals surface area contributed by atoms with E-state index in [1.165, 1.54) is 0 Å². The minimum atomic E-state index is -0.0769. The molecule has 0 fully saturated rings. The van der Waals surface area contributed by atoms with Crippen LogP contribution in [0.4, 0.5) is 5.69 Å². The Morgan fingerprint density at radius 2 is 1.93 bits per heavy atom. The molecule has 140 valence electrons. The van der Waals surface area contributed by atoms with Crippen molar-refractivity contribution in [3.63, 3.8) is 0 Å². The Kier molecular flexibility index (Phi) is 4.76. The van der Waals surface area contributed by atoms with Gasteiger partial charge in [-0.1, -0.05) is 18.2 Å². The summed E-state index contributed by atoms with van der Waals surface area (Å²) in [6.07, 6.45) is 2.05. The van der Waals surface area contributed by atoms with Crippen LogP contribution >= 0.6 is 0 Å². The normalized spacial score (nSPS) is 10.8. The minimum Gasteiger partial charge on any atom is -0.497 e. The molecule has 1 amide bonds. The maximum absolute atomic E-state index is 12.3. The standard InChI is InChI=1S/C22H20N4O2/c1-15-24-20-7-4-12-23-22(20)26(15)18-10-8-16(9-11-18)13-21(27)25-17-5-3-6-19(14-17)28-2/h3-12,14H,13H2,1-2H3,(H,25,27). The number of imidazole rings is 1. The summed E-state index contributed by atoms with van der Waals surface area (Å²) in [7, 11) is 1.60. The van der Waals surface area contributed by atoms with E-state index in [1.54, 1.807) is 19.4 Å². The van der Waals surface area contributed by atoms with Gasteiger partial charge >= 0.3 is 0 Å². The molecule has 2 aromatic heterocycles. The molecule has 0 aliphatic heterocycles. The molecule has 0 bridgehead atoms. The van der Waals surface area contributed by atoms with Gasteiger partial charge in [0.2, 0.25) is 5.91 Å². The van der Waals surface area contributed by atoms with E-state index in [1.807, 2.05) is 66.1 Å². The number of nitrogens with zero attached hydrogens (tertiary/aromatic N) is 3. The maximum Gasteiger partial charge on any atom is 0.228 e. The van der Waals surface area contributed by atoms with Crippen LogP contribution in [0.1, 0.15) is 11.4 Å². The van der Waals surface area contributed by atoms with E-state index < -0.39 is 0 Å². The average molecular weight is 372 g/mol. The molecule has 6 nitrogen and oxygen atoms in total. The van der Waals surface area contributed by atoms with Crippen LogP contribution in [0, 0.1) is 6.92 Å². The highest BCUT2D eigenvalue weighted by atomic mass is 16.5. The number of amides is 1. The highest BCUT2D eigenvalue weighted by Gasteiger charge is 2.11. The Morgan fingerprint density at radius 1 is 1.11 bits per heavy atom. The fourth-order valence-electron chi connectivity index (χ4n) is 3.19. The Hall–Kier alpha value is -3.67. The maximum atomic E-state index is 12.3. The first kappa shape index (κ1) is 17.7. The fourth-order valence-corrected chi connectivity index (χ4v) is 3.19. The number of nitrogens with one attached hydrogen (secondary N) is 1. The number of pyridine rings is 1. The molecule has 0 saturated carbocycles. The van der Waals surface area contributed by atoms with Gasteiger partial charge in [-0.2, -0.15) is 0 Å². The number of aromatic nitrogens is 3. The highest BCUT2D eigenvalue weighted by molar-refractivity contribution is 5.92. The molecule has 0 radical (unpaired) electrons. The number of rotatable bonds is 5. The highest BCUT2D eigenvalue weighted by Crippen LogP contribution is 2.20. The topological polar surface area (TPSA) is 69.0 Å². The summed E-state index contributed by atoms with van der Waals surface area (Å²) in [5.41, 5.74) is 4.30. The largest absolute Gasteiger partial charge is 0.497 e. The van der Waals surface area contributed by atoms with Gasteiger partial charge in [0.25, 0.3) is 0 Å². The summed E-state index contributed by atoms with van der Waals surface area (Å²) in [6.45, 7) is 1.96. The van der Waals surface area contributed by atoms with Crippen molar-refractivity contribution in [2.75, 3.05) is 12.4 Å². The van der Waals surface area contributed by atoms with Crippen molar-refractivity contribution in [2.24, 2.45) is 0 Å². The number of aryl methyl sites for hydroxylation is 1. The Balaban J connectivity index is 1.50. The minimum absolute atomic E-state index is 0.0769. The van der Waals surface area contributed by atoms with Crippen molar-refractivity contribution in [2.45, 2.75) is 13.3 Å². The second kappa shape index (κ2) is 7.52. The molecule has 0 atom stereocenters. The fraction of sp³-hybridized carbons (Fsp3) is 0.136. The molecular formula is C22H20N4O2. The number of hydrogen-bond donors (Lipinski definition) is 1. The van der Waals surface area contributed by atoms with Crippen LogP contribution in [0.15, 0.2) is 66.9 Å². The van der Waals surface area contributed by atoms with Gasteiger partial charge in [0.05, 0.1) is 13.5 Å². The number of anilines is 1. The molecule has 28 heavy (non-hydrogen) atoms. The Bertz CT molecular complexity index is 1130. The first-order valence-corrected chi connectivity index (χ1v) is 8.97. The van der Waals surface area contributed by atoms with Gasteiger partial charge in [-0.05, 0) is 48.9 Å². The van der Waals surface area contributed by atoms with E-state index in [4.69, 9.17) is 4.74 Å². The lowest BCUT2D eigenvalue weighted by atomic mass is 10.1. The number of hydrogen-bond acceptors (Lipinski definition) is 4. The summed E-state index contributed by atoms with van der Waals surface area (Å²) in [5, 5.41) is 2.90. The molecule has 4 aromatic rings. The van der Waals surface area contributed by atoms with Gasteiger partial charge in [0, 0.05) is 23.6 Å². The lowest BCUT2D eigenvalue weighted by molar-refractivity contribution is -0.115. The van der Waals surface area contributed by atoms with Crippen LogP contribution in [0.3, 0.4) is 0 Å². The lowest BCUT2D eigenvalue weighted by Gasteiger charge is -2.09. The van der Waals surface area contributed by atoms with Crippen LogP contribution in [0.25, 0.3) is 16.9 Å². The first-order chi connectivity index (χ1) is 13.6. The summed E-state index contributed by atoms with van der Waals surface area (Å²) >= 11 is 0. The van der Waals surface area contributed by atoms with Gasteiger partial charge in [-0.3, -0.25) is 9.36 Å². The summed E-state index contributed by atoms with van der Waals surface area (Å²) in [5.74, 6) is 1.50. The van der Waals surface area contributed by atoms with Gasteiger partial charge < -0.3 is 10.1 Å². The third kappa shape index (κ3) is 3.57.